The Hall–Kier alpha value is -1.30. The van der Waals surface area contributed by atoms with E-state index in [2.05, 4.69) is 0 Å². The van der Waals surface area contributed by atoms with Gasteiger partial charge < -0.3 is 24.1 Å². The summed E-state index contributed by atoms with van der Waals surface area (Å²) in [5, 5.41) is 9.67. The van der Waals surface area contributed by atoms with Crippen molar-refractivity contribution in [2.24, 2.45) is 0 Å². The fourth-order valence-electron chi connectivity index (χ4n) is 1.54. The number of ether oxygens (including phenoxy) is 4. The summed E-state index contributed by atoms with van der Waals surface area (Å²) in [6.45, 7) is 4.35. The minimum absolute atomic E-state index is 0.208. The van der Waals surface area contributed by atoms with Gasteiger partial charge in [0.2, 0.25) is 0 Å². The van der Waals surface area contributed by atoms with Crippen LogP contribution in [0.3, 0.4) is 0 Å². The Morgan fingerprint density at radius 3 is 2.42 bits per heavy atom. The normalized spacial score (nSPS) is 18.9. The lowest BCUT2D eigenvalue weighted by Crippen LogP contribution is -2.24. The summed E-state index contributed by atoms with van der Waals surface area (Å²) in [7, 11) is 0. The van der Waals surface area contributed by atoms with Crippen molar-refractivity contribution in [3.05, 3.63) is 24.3 Å². The molecule has 5 heteroatoms. The summed E-state index contributed by atoms with van der Waals surface area (Å²) in [5.41, 5.74) is 0. The van der Waals surface area contributed by atoms with Crippen LogP contribution in [0.15, 0.2) is 24.3 Å². The zero-order valence-electron chi connectivity index (χ0n) is 11.1. The van der Waals surface area contributed by atoms with Crippen molar-refractivity contribution in [1.29, 1.82) is 0 Å². The number of aliphatic hydroxyl groups excluding tert-OH is 1. The van der Waals surface area contributed by atoms with Gasteiger partial charge in [-0.15, -0.1) is 0 Å². The molecule has 0 aromatic heterocycles. The highest BCUT2D eigenvalue weighted by molar-refractivity contribution is 5.31. The zero-order chi connectivity index (χ0) is 13.5. The van der Waals surface area contributed by atoms with Crippen LogP contribution in [-0.4, -0.2) is 50.3 Å². The summed E-state index contributed by atoms with van der Waals surface area (Å²) in [6.07, 6.45) is -0.412. The molecule has 5 nitrogen and oxygen atoms in total. The van der Waals surface area contributed by atoms with Gasteiger partial charge in [0.1, 0.15) is 30.3 Å². The van der Waals surface area contributed by atoms with Gasteiger partial charge >= 0.3 is 0 Å². The van der Waals surface area contributed by atoms with Gasteiger partial charge in [-0.05, 0) is 31.2 Å². The number of hydrogen-bond donors (Lipinski definition) is 1. The molecule has 2 atom stereocenters. The maximum Gasteiger partial charge on any atom is 0.119 e. The third kappa shape index (κ3) is 5.46. The van der Waals surface area contributed by atoms with Crippen LogP contribution < -0.4 is 9.47 Å². The Morgan fingerprint density at radius 1 is 1.21 bits per heavy atom. The van der Waals surface area contributed by atoms with E-state index >= 15 is 0 Å². The fourth-order valence-corrected chi connectivity index (χ4v) is 1.54. The molecule has 19 heavy (non-hydrogen) atoms. The van der Waals surface area contributed by atoms with Gasteiger partial charge in [0.25, 0.3) is 0 Å². The number of epoxide rings is 1. The molecule has 1 aliphatic heterocycles. The topological polar surface area (TPSA) is 60.5 Å². The Bertz CT molecular complexity index is 361. The Balaban J connectivity index is 1.62. The van der Waals surface area contributed by atoms with Crippen LogP contribution in [0.4, 0.5) is 0 Å². The Kier molecular flexibility index (Phi) is 5.44. The molecule has 1 aromatic carbocycles. The first-order valence-electron chi connectivity index (χ1n) is 6.51. The standard InChI is InChI=1S/C14H20O5/c1-2-17-12-3-5-13(6-4-12)18-8-11(15)7-16-9-14-10-19-14/h3-6,11,14-15H,2,7-10H2,1H3. The predicted molar refractivity (Wildman–Crippen MR) is 69.7 cm³/mol. The number of hydrogen-bond acceptors (Lipinski definition) is 5. The summed E-state index contributed by atoms with van der Waals surface area (Å²) in [5.74, 6) is 1.51. The van der Waals surface area contributed by atoms with Crippen LogP contribution in [-0.2, 0) is 9.47 Å². The van der Waals surface area contributed by atoms with Crippen molar-refractivity contribution < 1.29 is 24.1 Å². The lowest BCUT2D eigenvalue weighted by Gasteiger charge is -2.12. The van der Waals surface area contributed by atoms with Crippen molar-refractivity contribution in [1.82, 2.24) is 0 Å². The van der Waals surface area contributed by atoms with E-state index in [1.54, 1.807) is 0 Å². The van der Waals surface area contributed by atoms with Crippen molar-refractivity contribution >= 4 is 0 Å². The largest absolute Gasteiger partial charge is 0.494 e. The molecule has 1 fully saturated rings. The summed E-state index contributed by atoms with van der Waals surface area (Å²) in [6, 6.07) is 7.31. The van der Waals surface area contributed by atoms with Crippen LogP contribution in [0, 0.1) is 0 Å². The molecular weight excluding hydrogens is 248 g/mol. The lowest BCUT2D eigenvalue weighted by molar-refractivity contribution is 0.00760. The van der Waals surface area contributed by atoms with Crippen molar-refractivity contribution in [2.45, 2.75) is 19.1 Å². The first-order valence-corrected chi connectivity index (χ1v) is 6.51. The molecule has 2 unspecified atom stereocenters. The molecule has 0 bridgehead atoms. The second-order valence-electron chi connectivity index (χ2n) is 4.36. The average Bonchev–Trinajstić information content (AvgIpc) is 3.22. The van der Waals surface area contributed by atoms with Gasteiger partial charge in [-0.1, -0.05) is 0 Å². The lowest BCUT2D eigenvalue weighted by atomic mass is 10.3. The van der Waals surface area contributed by atoms with E-state index in [1.165, 1.54) is 0 Å². The summed E-state index contributed by atoms with van der Waals surface area (Å²) >= 11 is 0. The van der Waals surface area contributed by atoms with Gasteiger partial charge in [-0.3, -0.25) is 0 Å². The third-order valence-electron chi connectivity index (χ3n) is 2.59. The molecule has 0 aliphatic carbocycles. The smallest absolute Gasteiger partial charge is 0.119 e. The molecule has 0 spiro atoms. The zero-order valence-corrected chi connectivity index (χ0v) is 11.1. The third-order valence-corrected chi connectivity index (χ3v) is 2.59. The Labute approximate surface area is 113 Å². The van der Waals surface area contributed by atoms with Gasteiger partial charge in [-0.25, -0.2) is 0 Å². The average molecular weight is 268 g/mol. The highest BCUT2D eigenvalue weighted by Crippen LogP contribution is 2.17. The Morgan fingerprint density at radius 2 is 1.84 bits per heavy atom. The molecule has 1 aliphatic rings. The van der Waals surface area contributed by atoms with E-state index in [0.717, 1.165) is 12.4 Å². The van der Waals surface area contributed by atoms with Crippen molar-refractivity contribution in [3.8, 4) is 11.5 Å². The van der Waals surface area contributed by atoms with E-state index in [4.69, 9.17) is 18.9 Å². The van der Waals surface area contributed by atoms with E-state index in [1.807, 2.05) is 31.2 Å². The minimum atomic E-state index is -0.634. The SMILES string of the molecule is CCOc1ccc(OCC(O)COCC2CO2)cc1. The van der Waals surface area contributed by atoms with Crippen LogP contribution in [0.25, 0.3) is 0 Å². The molecular formula is C14H20O5. The number of aliphatic hydroxyl groups is 1. The predicted octanol–water partition coefficient (Wildman–Crippen LogP) is 1.24. The van der Waals surface area contributed by atoms with Crippen molar-refractivity contribution in [2.75, 3.05) is 33.0 Å². The second-order valence-corrected chi connectivity index (χ2v) is 4.36. The van der Waals surface area contributed by atoms with Crippen molar-refractivity contribution in [3.63, 3.8) is 0 Å². The highest BCUT2D eigenvalue weighted by atomic mass is 16.6. The number of rotatable bonds is 9. The van der Waals surface area contributed by atoms with E-state index in [9.17, 15) is 5.11 Å². The van der Waals surface area contributed by atoms with Gasteiger partial charge in [0.15, 0.2) is 0 Å². The minimum Gasteiger partial charge on any atom is -0.494 e. The molecule has 1 N–H and O–H groups in total. The van der Waals surface area contributed by atoms with E-state index in [-0.39, 0.29) is 19.3 Å². The summed E-state index contributed by atoms with van der Waals surface area (Å²) in [4.78, 5) is 0. The number of benzene rings is 1. The van der Waals surface area contributed by atoms with Crippen LogP contribution >= 0.6 is 0 Å². The van der Waals surface area contributed by atoms with Crippen LogP contribution in [0.2, 0.25) is 0 Å². The molecule has 0 saturated carbocycles. The first kappa shape index (κ1) is 14.1. The maximum atomic E-state index is 9.67. The van der Waals surface area contributed by atoms with Gasteiger partial charge in [0, 0.05) is 0 Å². The molecule has 106 valence electrons. The van der Waals surface area contributed by atoms with Gasteiger partial charge in [-0.2, -0.15) is 0 Å². The maximum absolute atomic E-state index is 9.67. The second kappa shape index (κ2) is 7.33. The van der Waals surface area contributed by atoms with Crippen LogP contribution in [0.1, 0.15) is 6.92 Å². The molecule has 0 radical (unpaired) electrons. The highest BCUT2D eigenvalue weighted by Gasteiger charge is 2.22. The summed E-state index contributed by atoms with van der Waals surface area (Å²) < 4.78 is 21.1. The molecule has 1 saturated heterocycles. The quantitative estimate of drug-likeness (QED) is 0.683. The van der Waals surface area contributed by atoms with Gasteiger partial charge in [0.05, 0.1) is 26.4 Å². The molecule has 2 rings (SSSR count). The monoisotopic (exact) mass is 268 g/mol. The van der Waals surface area contributed by atoms with E-state index < -0.39 is 6.10 Å². The molecule has 1 aromatic rings. The van der Waals surface area contributed by atoms with E-state index in [0.29, 0.717) is 19.0 Å². The van der Waals surface area contributed by atoms with Crippen LogP contribution in [0.5, 0.6) is 11.5 Å². The first-order chi connectivity index (χ1) is 9.28. The molecule has 1 heterocycles. The molecule has 0 amide bonds. The fraction of sp³-hybridized carbons (Fsp3) is 0.571.